The van der Waals surface area contributed by atoms with Crippen molar-refractivity contribution < 1.29 is 33.3 Å². The van der Waals surface area contributed by atoms with Gasteiger partial charge in [-0.1, -0.05) is 0 Å². The molecule has 4 N–H and O–H groups in total. The number of amides is 2. The van der Waals surface area contributed by atoms with Crippen molar-refractivity contribution in [3.05, 3.63) is 0 Å². The summed E-state index contributed by atoms with van der Waals surface area (Å²) in [6.45, 7) is 4.56. The van der Waals surface area contributed by atoms with E-state index in [0.717, 1.165) is 0 Å². The molecule has 0 unspecified atom stereocenters. The average Bonchev–Trinajstić information content (AvgIpc) is 2.67. The van der Waals surface area contributed by atoms with Gasteiger partial charge in [0.15, 0.2) is 0 Å². The Hall–Kier alpha value is -0.950. The van der Waals surface area contributed by atoms with Gasteiger partial charge in [0.05, 0.1) is 52.9 Å². The van der Waals surface area contributed by atoms with Crippen molar-refractivity contribution in [3.8, 4) is 0 Å². The van der Waals surface area contributed by atoms with Gasteiger partial charge in [-0.25, -0.2) is 0 Å². The first kappa shape index (κ1) is 26.1. The van der Waals surface area contributed by atoms with Crippen LogP contribution in [0.5, 0.6) is 0 Å². The van der Waals surface area contributed by atoms with Crippen molar-refractivity contribution in [3.63, 3.8) is 0 Å². The van der Waals surface area contributed by atoms with Crippen molar-refractivity contribution in [2.75, 3.05) is 91.5 Å². The molecular formula is C16H33N3O7S. The van der Waals surface area contributed by atoms with E-state index >= 15 is 0 Å². The largest absolute Gasteiger partial charge is 0.378 e. The first-order valence-corrected chi connectivity index (χ1v) is 9.57. The van der Waals surface area contributed by atoms with Crippen LogP contribution in [-0.2, 0) is 33.3 Å². The lowest BCUT2D eigenvalue weighted by Gasteiger charge is -2.08. The van der Waals surface area contributed by atoms with E-state index in [-0.39, 0.29) is 25.0 Å². The number of hydrogen-bond donors (Lipinski definition) is 4. The van der Waals surface area contributed by atoms with Crippen LogP contribution in [0, 0.1) is 0 Å². The summed E-state index contributed by atoms with van der Waals surface area (Å²) in [5.41, 5.74) is 5.28. The van der Waals surface area contributed by atoms with Gasteiger partial charge in [-0.2, -0.15) is 12.6 Å². The van der Waals surface area contributed by atoms with Crippen LogP contribution < -0.4 is 16.4 Å². The van der Waals surface area contributed by atoms with Gasteiger partial charge in [0.1, 0.15) is 13.2 Å². The first-order chi connectivity index (χ1) is 13.2. The SMILES string of the molecule is NCCOCCOCCNC(=O)COCCOCCOCC(=O)NCCS. The van der Waals surface area contributed by atoms with Crippen LogP contribution in [0.25, 0.3) is 0 Å². The third-order valence-corrected chi connectivity index (χ3v) is 3.07. The molecule has 0 bridgehead atoms. The number of carbonyl (C=O) groups is 2. The lowest BCUT2D eigenvalue weighted by molar-refractivity contribution is -0.126. The van der Waals surface area contributed by atoms with Gasteiger partial charge in [0.2, 0.25) is 11.8 Å². The molecule has 0 spiro atoms. The van der Waals surface area contributed by atoms with E-state index in [2.05, 4.69) is 23.3 Å². The molecule has 0 aliphatic rings. The van der Waals surface area contributed by atoms with Crippen LogP contribution in [0.4, 0.5) is 0 Å². The standard InChI is InChI=1S/C16H33N3O7S/c17-1-4-22-6-7-23-5-2-18-15(20)13-25-10-8-24-9-11-26-14-16(21)19-3-12-27/h27H,1-14,17H2,(H,18,20)(H,19,21). The van der Waals surface area contributed by atoms with Gasteiger partial charge in [0.25, 0.3) is 0 Å². The third kappa shape index (κ3) is 21.2. The Balaban J connectivity index is 3.22. The minimum atomic E-state index is -0.214. The van der Waals surface area contributed by atoms with E-state index in [9.17, 15) is 9.59 Å². The van der Waals surface area contributed by atoms with Crippen molar-refractivity contribution in [2.24, 2.45) is 5.73 Å². The molecule has 0 aliphatic heterocycles. The van der Waals surface area contributed by atoms with Crippen molar-refractivity contribution in [1.82, 2.24) is 10.6 Å². The number of nitrogens with two attached hydrogens (primary N) is 1. The Labute approximate surface area is 166 Å². The van der Waals surface area contributed by atoms with E-state index in [4.69, 9.17) is 29.4 Å². The van der Waals surface area contributed by atoms with Gasteiger partial charge in [-0.3, -0.25) is 9.59 Å². The average molecular weight is 412 g/mol. The highest BCUT2D eigenvalue weighted by Gasteiger charge is 2.01. The monoisotopic (exact) mass is 411 g/mol. The summed E-state index contributed by atoms with van der Waals surface area (Å²) in [6.07, 6.45) is 0. The van der Waals surface area contributed by atoms with Crippen LogP contribution in [0.15, 0.2) is 0 Å². The Bertz CT molecular complexity index is 365. The number of carbonyl (C=O) groups excluding carboxylic acids is 2. The fourth-order valence-electron chi connectivity index (χ4n) is 1.63. The Kier molecular flexibility index (Phi) is 20.6. The quantitative estimate of drug-likeness (QED) is 0.136. The highest BCUT2D eigenvalue weighted by Crippen LogP contribution is 1.83. The maximum atomic E-state index is 11.5. The molecule has 0 aromatic heterocycles. The smallest absolute Gasteiger partial charge is 0.246 e. The second-order valence-corrected chi connectivity index (χ2v) is 5.60. The molecule has 0 rings (SSSR count). The van der Waals surface area contributed by atoms with Gasteiger partial charge in [-0.15, -0.1) is 0 Å². The van der Waals surface area contributed by atoms with Gasteiger partial charge < -0.3 is 40.1 Å². The molecule has 160 valence electrons. The molecule has 2 amide bonds. The van der Waals surface area contributed by atoms with Crippen molar-refractivity contribution in [1.29, 1.82) is 0 Å². The molecule has 0 atom stereocenters. The zero-order valence-corrected chi connectivity index (χ0v) is 16.7. The normalized spacial score (nSPS) is 10.7. The minimum Gasteiger partial charge on any atom is -0.378 e. The van der Waals surface area contributed by atoms with E-state index in [0.29, 0.717) is 78.2 Å². The summed E-state index contributed by atoms with van der Waals surface area (Å²) < 4.78 is 26.0. The minimum absolute atomic E-state index is 0.00174. The Morgan fingerprint density at radius 2 is 1.11 bits per heavy atom. The topological polar surface area (TPSA) is 130 Å². The molecule has 0 saturated carbocycles. The molecule has 0 heterocycles. The summed E-state index contributed by atoms with van der Waals surface area (Å²) in [5.74, 6) is 0.198. The zero-order chi connectivity index (χ0) is 20.0. The highest BCUT2D eigenvalue weighted by molar-refractivity contribution is 7.80. The fraction of sp³-hybridized carbons (Fsp3) is 0.875. The second-order valence-electron chi connectivity index (χ2n) is 5.15. The molecule has 11 heteroatoms. The van der Waals surface area contributed by atoms with E-state index in [1.165, 1.54) is 0 Å². The van der Waals surface area contributed by atoms with Crippen molar-refractivity contribution in [2.45, 2.75) is 0 Å². The highest BCUT2D eigenvalue weighted by atomic mass is 32.1. The molecule has 0 aromatic carbocycles. The number of nitrogens with one attached hydrogen (secondary N) is 2. The lowest BCUT2D eigenvalue weighted by Crippen LogP contribution is -2.31. The maximum Gasteiger partial charge on any atom is 0.246 e. The van der Waals surface area contributed by atoms with Gasteiger partial charge in [-0.05, 0) is 0 Å². The van der Waals surface area contributed by atoms with Gasteiger partial charge >= 0.3 is 0 Å². The third-order valence-electron chi connectivity index (χ3n) is 2.85. The summed E-state index contributed by atoms with van der Waals surface area (Å²) in [7, 11) is 0. The number of thiol groups is 1. The molecule has 0 radical (unpaired) electrons. The van der Waals surface area contributed by atoms with Gasteiger partial charge in [0, 0.05) is 25.4 Å². The Morgan fingerprint density at radius 3 is 1.63 bits per heavy atom. The van der Waals surface area contributed by atoms with E-state index in [1.54, 1.807) is 0 Å². The molecule has 0 saturated heterocycles. The van der Waals surface area contributed by atoms with Crippen LogP contribution in [0.3, 0.4) is 0 Å². The fourth-order valence-corrected chi connectivity index (χ4v) is 1.74. The van der Waals surface area contributed by atoms with Crippen LogP contribution >= 0.6 is 12.6 Å². The molecular weight excluding hydrogens is 378 g/mol. The molecule has 0 fully saturated rings. The van der Waals surface area contributed by atoms with Crippen molar-refractivity contribution >= 4 is 24.4 Å². The zero-order valence-electron chi connectivity index (χ0n) is 15.8. The maximum absolute atomic E-state index is 11.5. The van der Waals surface area contributed by atoms with E-state index in [1.807, 2.05) is 0 Å². The predicted octanol–water partition coefficient (Wildman–Crippen LogP) is -1.81. The number of ether oxygens (including phenoxy) is 5. The molecule has 0 aliphatic carbocycles. The molecule has 10 nitrogen and oxygen atoms in total. The number of hydrogen-bond acceptors (Lipinski definition) is 9. The van der Waals surface area contributed by atoms with E-state index < -0.39 is 0 Å². The summed E-state index contributed by atoms with van der Waals surface area (Å²) in [5, 5.41) is 5.31. The predicted molar refractivity (Wildman–Crippen MR) is 103 cm³/mol. The lowest BCUT2D eigenvalue weighted by atomic mass is 10.6. The van der Waals surface area contributed by atoms with Crippen LogP contribution in [-0.4, -0.2) is 103 Å². The summed E-state index contributed by atoms with van der Waals surface area (Å²) >= 11 is 3.99. The summed E-state index contributed by atoms with van der Waals surface area (Å²) in [4.78, 5) is 22.7. The first-order valence-electron chi connectivity index (χ1n) is 8.93. The van der Waals surface area contributed by atoms with Crippen LogP contribution in [0.2, 0.25) is 0 Å². The molecule has 0 aromatic rings. The number of rotatable bonds is 20. The Morgan fingerprint density at radius 1 is 0.667 bits per heavy atom. The second kappa shape index (κ2) is 21.4. The molecule has 27 heavy (non-hydrogen) atoms. The van der Waals surface area contributed by atoms with Crippen LogP contribution in [0.1, 0.15) is 0 Å². The summed E-state index contributed by atoms with van der Waals surface area (Å²) in [6, 6.07) is 0.